The first kappa shape index (κ1) is 15.8. The molecule has 0 saturated carbocycles. The molecule has 0 aliphatic rings. The number of nitrogens with one attached hydrogen (secondary N) is 1. The van der Waals surface area contributed by atoms with Crippen molar-refractivity contribution in [3.63, 3.8) is 0 Å². The van der Waals surface area contributed by atoms with Crippen LogP contribution in [-0.4, -0.2) is 8.24 Å². The summed E-state index contributed by atoms with van der Waals surface area (Å²) in [4.78, 5) is 0. The van der Waals surface area contributed by atoms with Crippen molar-refractivity contribution in [2.75, 3.05) is 0 Å². The van der Waals surface area contributed by atoms with E-state index in [0.717, 1.165) is 0 Å². The molecule has 0 atom stereocenters. The average molecular weight is 321 g/mol. The fourth-order valence-corrected chi connectivity index (χ4v) is 6.20. The molecule has 2 rings (SSSR count). The standard InChI is InChI=1S/C15H20NO3PSi/c1-21(2,3)16-20(17,18-14-10-6-4-7-11-14)19-15-12-8-5-9-13-15/h4-13H,1-3H3,(H,16,17). The third-order valence-corrected chi connectivity index (χ3v) is 7.09. The lowest BCUT2D eigenvalue weighted by Gasteiger charge is -2.26. The maximum absolute atomic E-state index is 13.0. The molecule has 6 heteroatoms. The SMILES string of the molecule is C[Si](C)(C)NP(=O)(Oc1ccccc1)Oc1ccccc1. The van der Waals surface area contributed by atoms with E-state index in [0.29, 0.717) is 11.5 Å². The second-order valence-electron chi connectivity index (χ2n) is 5.67. The van der Waals surface area contributed by atoms with Crippen LogP contribution in [0.25, 0.3) is 0 Å². The molecule has 21 heavy (non-hydrogen) atoms. The van der Waals surface area contributed by atoms with E-state index in [4.69, 9.17) is 9.05 Å². The highest BCUT2D eigenvalue weighted by molar-refractivity contribution is 7.55. The number of benzene rings is 2. The molecule has 0 unspecified atom stereocenters. The second kappa shape index (κ2) is 6.48. The summed E-state index contributed by atoms with van der Waals surface area (Å²) in [6.45, 7) is 6.13. The normalized spacial score (nSPS) is 12.0. The summed E-state index contributed by atoms with van der Waals surface area (Å²) in [5, 5.41) is 0. The quantitative estimate of drug-likeness (QED) is 0.620. The van der Waals surface area contributed by atoms with Gasteiger partial charge in [0, 0.05) is 0 Å². The lowest BCUT2D eigenvalue weighted by Crippen LogP contribution is -2.41. The summed E-state index contributed by atoms with van der Waals surface area (Å²) in [5.74, 6) is 1.03. The topological polar surface area (TPSA) is 47.6 Å². The van der Waals surface area contributed by atoms with Crippen LogP contribution in [0.1, 0.15) is 0 Å². The molecule has 4 nitrogen and oxygen atoms in total. The Morgan fingerprint density at radius 1 is 0.810 bits per heavy atom. The number of para-hydroxylation sites is 2. The fourth-order valence-electron chi connectivity index (χ4n) is 1.72. The van der Waals surface area contributed by atoms with Gasteiger partial charge >= 0.3 is 7.75 Å². The predicted molar refractivity (Wildman–Crippen MR) is 88.2 cm³/mol. The molecule has 0 bridgehead atoms. The fraction of sp³-hybridized carbons (Fsp3) is 0.200. The van der Waals surface area contributed by atoms with Crippen molar-refractivity contribution >= 4 is 16.0 Å². The van der Waals surface area contributed by atoms with Gasteiger partial charge in [0.15, 0.2) is 0 Å². The molecule has 0 heterocycles. The Balaban J connectivity index is 2.24. The molecule has 0 aliphatic heterocycles. The van der Waals surface area contributed by atoms with Crippen LogP contribution >= 0.6 is 7.75 Å². The molecule has 2 aromatic carbocycles. The largest absolute Gasteiger partial charge is 0.506 e. The Labute approximate surface area is 126 Å². The molecular weight excluding hydrogens is 301 g/mol. The van der Waals surface area contributed by atoms with Gasteiger partial charge in [-0.2, -0.15) is 0 Å². The van der Waals surface area contributed by atoms with E-state index in [1.165, 1.54) is 0 Å². The smallest absolute Gasteiger partial charge is 0.405 e. The highest BCUT2D eigenvalue weighted by Crippen LogP contribution is 2.45. The van der Waals surface area contributed by atoms with Gasteiger partial charge in [0.1, 0.15) is 19.7 Å². The van der Waals surface area contributed by atoms with Crippen LogP contribution < -0.4 is 13.8 Å². The zero-order valence-electron chi connectivity index (χ0n) is 12.4. The van der Waals surface area contributed by atoms with Gasteiger partial charge in [0.2, 0.25) is 0 Å². The van der Waals surface area contributed by atoms with Crippen LogP contribution in [0.4, 0.5) is 0 Å². The van der Waals surface area contributed by atoms with Crippen LogP contribution in [0.3, 0.4) is 0 Å². The Morgan fingerprint density at radius 3 is 1.52 bits per heavy atom. The molecule has 2 aromatic rings. The van der Waals surface area contributed by atoms with E-state index < -0.39 is 16.0 Å². The third kappa shape index (κ3) is 5.38. The van der Waals surface area contributed by atoms with E-state index in [1.54, 1.807) is 24.3 Å². The summed E-state index contributed by atoms with van der Waals surface area (Å²) in [6, 6.07) is 18.1. The van der Waals surface area contributed by atoms with Crippen molar-refractivity contribution in [1.82, 2.24) is 4.75 Å². The predicted octanol–water partition coefficient (Wildman–Crippen LogP) is 4.68. The number of hydrogen-bond acceptors (Lipinski definition) is 3. The minimum absolute atomic E-state index is 0.516. The maximum Gasteiger partial charge on any atom is 0.506 e. The van der Waals surface area contributed by atoms with Crippen LogP contribution in [0.15, 0.2) is 60.7 Å². The van der Waals surface area contributed by atoms with Crippen molar-refractivity contribution in [3.8, 4) is 11.5 Å². The van der Waals surface area contributed by atoms with E-state index in [-0.39, 0.29) is 0 Å². The van der Waals surface area contributed by atoms with Crippen LogP contribution in [0, 0.1) is 0 Å². The summed E-state index contributed by atoms with van der Waals surface area (Å²) in [6.07, 6.45) is 0. The lowest BCUT2D eigenvalue weighted by atomic mass is 10.3. The molecule has 0 fully saturated rings. The molecular formula is C15H20NO3PSi. The molecule has 0 spiro atoms. The Morgan fingerprint density at radius 2 is 1.19 bits per heavy atom. The van der Waals surface area contributed by atoms with Crippen LogP contribution in [0.2, 0.25) is 19.6 Å². The first-order valence-corrected chi connectivity index (χ1v) is 11.8. The first-order chi connectivity index (χ1) is 9.86. The zero-order valence-corrected chi connectivity index (χ0v) is 14.3. The minimum Gasteiger partial charge on any atom is -0.405 e. The van der Waals surface area contributed by atoms with E-state index in [9.17, 15) is 4.57 Å². The molecule has 0 aliphatic carbocycles. The van der Waals surface area contributed by atoms with Gasteiger partial charge in [-0.25, -0.2) is 9.32 Å². The lowest BCUT2D eigenvalue weighted by molar-refractivity contribution is 0.381. The Hall–Kier alpha value is -1.55. The van der Waals surface area contributed by atoms with E-state index >= 15 is 0 Å². The molecule has 0 amide bonds. The van der Waals surface area contributed by atoms with Gasteiger partial charge in [-0.1, -0.05) is 56.0 Å². The Kier molecular flexibility index (Phi) is 4.88. The molecule has 0 aromatic heterocycles. The monoisotopic (exact) mass is 321 g/mol. The van der Waals surface area contributed by atoms with Gasteiger partial charge in [0.05, 0.1) is 0 Å². The first-order valence-electron chi connectivity index (χ1n) is 6.75. The van der Waals surface area contributed by atoms with Crippen molar-refractivity contribution in [3.05, 3.63) is 60.7 Å². The number of rotatable bonds is 6. The highest BCUT2D eigenvalue weighted by atomic mass is 31.2. The highest BCUT2D eigenvalue weighted by Gasteiger charge is 2.34. The van der Waals surface area contributed by atoms with Gasteiger partial charge < -0.3 is 9.05 Å². The van der Waals surface area contributed by atoms with Crippen molar-refractivity contribution < 1.29 is 13.6 Å². The van der Waals surface area contributed by atoms with Gasteiger partial charge in [-0.05, 0) is 24.3 Å². The minimum atomic E-state index is -3.47. The summed E-state index contributed by atoms with van der Waals surface area (Å²) in [7, 11) is -5.34. The van der Waals surface area contributed by atoms with Crippen LogP contribution in [0.5, 0.6) is 11.5 Å². The summed E-state index contributed by atoms with van der Waals surface area (Å²) in [5.41, 5.74) is 0. The van der Waals surface area contributed by atoms with Gasteiger partial charge in [-0.15, -0.1) is 0 Å². The molecule has 112 valence electrons. The molecule has 1 N–H and O–H groups in total. The van der Waals surface area contributed by atoms with Gasteiger partial charge in [-0.3, -0.25) is 0 Å². The second-order valence-corrected chi connectivity index (χ2v) is 12.4. The van der Waals surface area contributed by atoms with Crippen molar-refractivity contribution in [1.29, 1.82) is 0 Å². The summed E-state index contributed by atoms with van der Waals surface area (Å²) >= 11 is 0. The van der Waals surface area contributed by atoms with Crippen molar-refractivity contribution in [2.24, 2.45) is 0 Å². The van der Waals surface area contributed by atoms with E-state index in [2.05, 4.69) is 4.75 Å². The van der Waals surface area contributed by atoms with Gasteiger partial charge in [0.25, 0.3) is 0 Å². The van der Waals surface area contributed by atoms with Crippen molar-refractivity contribution in [2.45, 2.75) is 19.6 Å². The maximum atomic E-state index is 13.0. The summed E-state index contributed by atoms with van der Waals surface area (Å²) < 4.78 is 27.4. The molecule has 0 radical (unpaired) electrons. The van der Waals surface area contributed by atoms with E-state index in [1.807, 2.05) is 56.0 Å². The zero-order chi connectivity index (χ0) is 15.3. The third-order valence-electron chi connectivity index (χ3n) is 2.41. The van der Waals surface area contributed by atoms with Crippen LogP contribution in [-0.2, 0) is 4.57 Å². The average Bonchev–Trinajstić information content (AvgIpc) is 2.38. The number of hydrogen-bond donors (Lipinski definition) is 1. The molecule has 0 saturated heterocycles. The Bertz CT molecular complexity index is 568.